The van der Waals surface area contributed by atoms with E-state index in [1.807, 2.05) is 0 Å². The van der Waals surface area contributed by atoms with Crippen molar-refractivity contribution in [1.82, 2.24) is 10.2 Å². The van der Waals surface area contributed by atoms with E-state index in [1.165, 1.54) is 18.2 Å². The van der Waals surface area contributed by atoms with E-state index >= 15 is 0 Å². The molecule has 0 radical (unpaired) electrons. The van der Waals surface area contributed by atoms with Crippen LogP contribution in [0.5, 0.6) is 0 Å². The van der Waals surface area contributed by atoms with Gasteiger partial charge in [0.25, 0.3) is 0 Å². The summed E-state index contributed by atoms with van der Waals surface area (Å²) in [5.41, 5.74) is 1.11. The van der Waals surface area contributed by atoms with Crippen molar-refractivity contribution in [2.45, 2.75) is 0 Å². The molecule has 2 aromatic rings. The highest BCUT2D eigenvalue weighted by Gasteiger charge is 2.05. The predicted octanol–water partition coefficient (Wildman–Crippen LogP) is 3.60. The van der Waals surface area contributed by atoms with E-state index in [0.717, 1.165) is 0 Å². The first-order chi connectivity index (χ1) is 7.16. The Kier molecular flexibility index (Phi) is 2.79. The van der Waals surface area contributed by atoms with Crippen molar-refractivity contribution in [3.8, 4) is 11.3 Å². The maximum Gasteiger partial charge on any atom is 0.123 e. The summed E-state index contributed by atoms with van der Waals surface area (Å²) in [6.07, 6.45) is 0. The summed E-state index contributed by atoms with van der Waals surface area (Å²) in [6, 6.07) is 7.51. The molecule has 0 amide bonds. The molecule has 1 N–H and O–H groups in total. The molecule has 76 valence electrons. The van der Waals surface area contributed by atoms with Gasteiger partial charge in [0, 0.05) is 5.56 Å². The van der Waals surface area contributed by atoms with Crippen LogP contribution in [0.2, 0.25) is 5.02 Å². The molecule has 1 aromatic heterocycles. The van der Waals surface area contributed by atoms with Gasteiger partial charge in [-0.05, 0) is 30.3 Å². The van der Waals surface area contributed by atoms with Gasteiger partial charge in [0.2, 0.25) is 0 Å². The van der Waals surface area contributed by atoms with Crippen LogP contribution in [0.25, 0.3) is 11.3 Å². The quantitative estimate of drug-likeness (QED) is 0.772. The van der Waals surface area contributed by atoms with Gasteiger partial charge < -0.3 is 0 Å². The average Bonchev–Trinajstić information content (AvgIpc) is 2.23. The van der Waals surface area contributed by atoms with Crippen LogP contribution < -0.4 is 0 Å². The minimum Gasteiger partial charge on any atom is -0.267 e. The molecule has 0 atom stereocenters. The fourth-order valence-corrected chi connectivity index (χ4v) is 1.52. The van der Waals surface area contributed by atoms with E-state index < -0.39 is 0 Å². The number of hydrogen-bond donors (Lipinski definition) is 1. The number of H-pyrrole nitrogens is 1. The zero-order valence-corrected chi connectivity index (χ0v) is 9.07. The van der Waals surface area contributed by atoms with Crippen LogP contribution in [-0.4, -0.2) is 10.2 Å². The summed E-state index contributed by atoms with van der Waals surface area (Å²) >= 11 is 10.8. The molecule has 0 unspecified atom stereocenters. The van der Waals surface area contributed by atoms with Gasteiger partial charge in [-0.15, -0.1) is 0 Å². The van der Waals surface area contributed by atoms with Crippen LogP contribution in [0.3, 0.4) is 0 Å². The van der Waals surface area contributed by atoms with Crippen LogP contribution in [-0.2, 0) is 0 Å². The van der Waals surface area contributed by atoms with E-state index in [-0.39, 0.29) is 5.82 Å². The van der Waals surface area contributed by atoms with E-state index in [0.29, 0.717) is 20.9 Å². The van der Waals surface area contributed by atoms with Crippen molar-refractivity contribution in [2.75, 3.05) is 0 Å². The largest absolute Gasteiger partial charge is 0.267 e. The zero-order chi connectivity index (χ0) is 10.8. The molecule has 1 aromatic carbocycles. The van der Waals surface area contributed by atoms with Crippen LogP contribution in [0.4, 0.5) is 4.39 Å². The van der Waals surface area contributed by atoms with Gasteiger partial charge in [0.1, 0.15) is 10.5 Å². The van der Waals surface area contributed by atoms with Crippen molar-refractivity contribution >= 4 is 23.8 Å². The van der Waals surface area contributed by atoms with Crippen molar-refractivity contribution in [3.05, 3.63) is 45.8 Å². The third-order valence-corrected chi connectivity index (χ3v) is 2.44. The Labute approximate surface area is 95.7 Å². The highest BCUT2D eigenvalue weighted by Crippen LogP contribution is 2.26. The monoisotopic (exact) mass is 240 g/mol. The molecular weight excluding hydrogens is 235 g/mol. The SMILES string of the molecule is Fc1ccc(Cl)c(-c2ccc(=S)[nH]n2)c1. The summed E-state index contributed by atoms with van der Waals surface area (Å²) in [6.45, 7) is 0. The maximum atomic E-state index is 13.0. The minimum absolute atomic E-state index is 0.348. The second kappa shape index (κ2) is 4.08. The number of rotatable bonds is 1. The average molecular weight is 241 g/mol. The van der Waals surface area contributed by atoms with Gasteiger partial charge in [-0.2, -0.15) is 5.10 Å². The Morgan fingerprint density at radius 3 is 2.73 bits per heavy atom. The lowest BCUT2D eigenvalue weighted by atomic mass is 10.1. The molecule has 2 rings (SSSR count). The molecule has 0 saturated heterocycles. The number of nitrogens with one attached hydrogen (secondary N) is 1. The summed E-state index contributed by atoms with van der Waals surface area (Å²) < 4.78 is 13.5. The molecular formula is C10H6ClFN2S. The van der Waals surface area contributed by atoms with Gasteiger partial charge in [-0.1, -0.05) is 23.8 Å². The summed E-state index contributed by atoms with van der Waals surface area (Å²) in [5.74, 6) is -0.348. The number of hydrogen-bond acceptors (Lipinski definition) is 2. The Morgan fingerprint density at radius 2 is 2.07 bits per heavy atom. The molecule has 1 heterocycles. The van der Waals surface area contributed by atoms with Crippen molar-refractivity contribution in [1.29, 1.82) is 0 Å². The number of nitrogens with zero attached hydrogens (tertiary/aromatic N) is 1. The number of halogens is 2. The Morgan fingerprint density at radius 1 is 1.27 bits per heavy atom. The van der Waals surface area contributed by atoms with E-state index in [1.54, 1.807) is 12.1 Å². The molecule has 5 heteroatoms. The molecule has 0 aliphatic rings. The molecule has 0 fully saturated rings. The lowest BCUT2D eigenvalue weighted by Gasteiger charge is -2.02. The molecule has 0 saturated carbocycles. The second-order valence-electron chi connectivity index (χ2n) is 2.93. The first kappa shape index (κ1) is 10.3. The van der Waals surface area contributed by atoms with Gasteiger partial charge in [0.05, 0.1) is 10.7 Å². The van der Waals surface area contributed by atoms with Crippen LogP contribution in [0.15, 0.2) is 30.3 Å². The van der Waals surface area contributed by atoms with Crippen LogP contribution >= 0.6 is 23.8 Å². The third-order valence-electron chi connectivity index (χ3n) is 1.88. The Balaban J connectivity index is 2.58. The van der Waals surface area contributed by atoms with E-state index in [9.17, 15) is 4.39 Å². The maximum absolute atomic E-state index is 13.0. The number of aromatic nitrogens is 2. The molecule has 0 aliphatic carbocycles. The summed E-state index contributed by atoms with van der Waals surface area (Å²) in [5, 5.41) is 7.05. The fourth-order valence-electron chi connectivity index (χ4n) is 1.19. The third kappa shape index (κ3) is 2.22. The predicted molar refractivity (Wildman–Crippen MR) is 59.8 cm³/mol. The van der Waals surface area contributed by atoms with Gasteiger partial charge >= 0.3 is 0 Å². The van der Waals surface area contributed by atoms with Crippen LogP contribution in [0, 0.1) is 10.5 Å². The van der Waals surface area contributed by atoms with Crippen molar-refractivity contribution in [3.63, 3.8) is 0 Å². The van der Waals surface area contributed by atoms with Gasteiger partial charge in [0.15, 0.2) is 0 Å². The molecule has 0 aliphatic heterocycles. The van der Waals surface area contributed by atoms with Crippen molar-refractivity contribution < 1.29 is 4.39 Å². The lowest BCUT2D eigenvalue weighted by molar-refractivity contribution is 0.628. The molecule has 2 nitrogen and oxygen atoms in total. The summed E-state index contributed by atoms with van der Waals surface area (Å²) in [7, 11) is 0. The number of aromatic amines is 1. The van der Waals surface area contributed by atoms with E-state index in [4.69, 9.17) is 23.8 Å². The number of benzene rings is 1. The van der Waals surface area contributed by atoms with E-state index in [2.05, 4.69) is 10.2 Å². The smallest absolute Gasteiger partial charge is 0.123 e. The lowest BCUT2D eigenvalue weighted by Crippen LogP contribution is -1.88. The zero-order valence-electron chi connectivity index (χ0n) is 7.50. The molecule has 15 heavy (non-hydrogen) atoms. The van der Waals surface area contributed by atoms with Gasteiger partial charge in [-0.3, -0.25) is 5.10 Å². The molecule has 0 spiro atoms. The highest BCUT2D eigenvalue weighted by atomic mass is 35.5. The first-order valence-corrected chi connectivity index (χ1v) is 4.96. The van der Waals surface area contributed by atoms with Gasteiger partial charge in [-0.25, -0.2) is 4.39 Å². The summed E-state index contributed by atoms with van der Waals surface area (Å²) in [4.78, 5) is 0. The Hall–Kier alpha value is -1.26. The topological polar surface area (TPSA) is 28.7 Å². The highest BCUT2D eigenvalue weighted by molar-refractivity contribution is 7.71. The normalized spacial score (nSPS) is 10.3. The second-order valence-corrected chi connectivity index (χ2v) is 3.78. The van der Waals surface area contributed by atoms with Crippen molar-refractivity contribution in [2.24, 2.45) is 0 Å². The Bertz CT molecular complexity index is 533. The minimum atomic E-state index is -0.348. The first-order valence-electron chi connectivity index (χ1n) is 4.18. The fraction of sp³-hybridized carbons (Fsp3) is 0. The molecule has 0 bridgehead atoms. The standard InChI is InChI=1S/C10H6ClFN2S/c11-8-2-1-6(12)5-7(8)9-3-4-10(15)14-13-9/h1-5H,(H,14,15). The van der Waals surface area contributed by atoms with Crippen LogP contribution in [0.1, 0.15) is 0 Å².